The monoisotopic (exact) mass is 285 g/mol. The first-order chi connectivity index (χ1) is 10.3. The Hall–Kier alpha value is -2.30. The number of hydrogen-bond donors (Lipinski definition) is 0. The second-order valence-electron chi connectivity index (χ2n) is 5.31. The number of carbonyl (C=O) groups excluding carboxylic acids is 1. The number of furan rings is 1. The summed E-state index contributed by atoms with van der Waals surface area (Å²) in [5.41, 5.74) is 3.01. The van der Waals surface area contributed by atoms with Gasteiger partial charge in [0.15, 0.2) is 0 Å². The zero-order chi connectivity index (χ0) is 14.7. The topological polar surface area (TPSA) is 49.6 Å². The molecular weight excluding hydrogens is 266 g/mol. The van der Waals surface area contributed by atoms with Gasteiger partial charge in [-0.25, -0.2) is 0 Å². The van der Waals surface area contributed by atoms with Gasteiger partial charge < -0.3 is 14.2 Å². The molecule has 0 radical (unpaired) electrons. The van der Waals surface area contributed by atoms with Crippen molar-refractivity contribution in [3.8, 4) is 0 Å². The normalized spacial score (nSPS) is 15.9. The van der Waals surface area contributed by atoms with E-state index in [9.17, 15) is 4.79 Å². The molecule has 0 saturated carbocycles. The van der Waals surface area contributed by atoms with Crippen molar-refractivity contribution in [3.05, 3.63) is 48.2 Å². The molecule has 3 rings (SSSR count). The Morgan fingerprint density at radius 2 is 2.14 bits per heavy atom. The molecule has 1 aliphatic rings. The summed E-state index contributed by atoms with van der Waals surface area (Å²) >= 11 is 0. The SMILES string of the molecule is Cc1cnccc1N1CCCN(C(=O)c2ccoc2)CC1. The Labute approximate surface area is 124 Å². The van der Waals surface area contributed by atoms with E-state index in [1.54, 1.807) is 6.07 Å². The Kier molecular flexibility index (Phi) is 3.90. The first kappa shape index (κ1) is 13.7. The van der Waals surface area contributed by atoms with Gasteiger partial charge in [-0.05, 0) is 31.0 Å². The van der Waals surface area contributed by atoms with Crippen molar-refractivity contribution < 1.29 is 9.21 Å². The molecule has 21 heavy (non-hydrogen) atoms. The minimum atomic E-state index is 0.0528. The number of anilines is 1. The maximum Gasteiger partial charge on any atom is 0.257 e. The van der Waals surface area contributed by atoms with Crippen LogP contribution in [0.15, 0.2) is 41.5 Å². The van der Waals surface area contributed by atoms with Gasteiger partial charge in [0, 0.05) is 44.3 Å². The van der Waals surface area contributed by atoms with Crippen LogP contribution in [0, 0.1) is 6.92 Å². The highest BCUT2D eigenvalue weighted by atomic mass is 16.3. The van der Waals surface area contributed by atoms with E-state index in [2.05, 4.69) is 16.8 Å². The first-order valence-corrected chi connectivity index (χ1v) is 7.23. The Bertz CT molecular complexity index is 610. The third kappa shape index (κ3) is 2.91. The van der Waals surface area contributed by atoms with Crippen LogP contribution in [-0.2, 0) is 0 Å². The number of rotatable bonds is 2. The molecule has 0 aromatic carbocycles. The predicted octanol–water partition coefficient (Wildman–Crippen LogP) is 2.34. The second-order valence-corrected chi connectivity index (χ2v) is 5.31. The summed E-state index contributed by atoms with van der Waals surface area (Å²) in [4.78, 5) is 20.7. The summed E-state index contributed by atoms with van der Waals surface area (Å²) in [6.45, 7) is 5.38. The van der Waals surface area contributed by atoms with E-state index in [1.165, 1.54) is 23.8 Å². The summed E-state index contributed by atoms with van der Waals surface area (Å²) in [5, 5.41) is 0. The molecule has 5 nitrogen and oxygen atoms in total. The highest BCUT2D eigenvalue weighted by Crippen LogP contribution is 2.20. The molecular formula is C16H19N3O2. The molecule has 3 heterocycles. The lowest BCUT2D eigenvalue weighted by Gasteiger charge is -2.24. The molecule has 2 aromatic rings. The second kappa shape index (κ2) is 5.99. The predicted molar refractivity (Wildman–Crippen MR) is 80.4 cm³/mol. The van der Waals surface area contributed by atoms with Crippen LogP contribution in [0.1, 0.15) is 22.3 Å². The largest absolute Gasteiger partial charge is 0.472 e. The van der Waals surface area contributed by atoms with Crippen LogP contribution < -0.4 is 4.90 Å². The summed E-state index contributed by atoms with van der Waals surface area (Å²) in [5.74, 6) is 0.0528. The first-order valence-electron chi connectivity index (χ1n) is 7.23. The highest BCUT2D eigenvalue weighted by molar-refractivity contribution is 5.93. The lowest BCUT2D eigenvalue weighted by Crippen LogP contribution is -2.35. The van der Waals surface area contributed by atoms with E-state index >= 15 is 0 Å². The molecule has 1 aliphatic heterocycles. The van der Waals surface area contributed by atoms with E-state index < -0.39 is 0 Å². The van der Waals surface area contributed by atoms with Crippen molar-refractivity contribution in [3.63, 3.8) is 0 Å². The van der Waals surface area contributed by atoms with Crippen LogP contribution >= 0.6 is 0 Å². The van der Waals surface area contributed by atoms with Crippen LogP contribution in [0.4, 0.5) is 5.69 Å². The average Bonchev–Trinajstić information content (AvgIpc) is 2.92. The molecule has 0 spiro atoms. The summed E-state index contributed by atoms with van der Waals surface area (Å²) < 4.78 is 5.00. The average molecular weight is 285 g/mol. The molecule has 0 bridgehead atoms. The van der Waals surface area contributed by atoms with Crippen molar-refractivity contribution in [1.29, 1.82) is 0 Å². The summed E-state index contributed by atoms with van der Waals surface area (Å²) in [6.07, 6.45) is 7.72. The number of amides is 1. The molecule has 110 valence electrons. The number of hydrogen-bond acceptors (Lipinski definition) is 4. The van der Waals surface area contributed by atoms with Gasteiger partial charge in [0.1, 0.15) is 6.26 Å². The van der Waals surface area contributed by atoms with Crippen molar-refractivity contribution in [2.24, 2.45) is 0 Å². The zero-order valence-electron chi connectivity index (χ0n) is 12.2. The molecule has 5 heteroatoms. The minimum Gasteiger partial charge on any atom is -0.472 e. The zero-order valence-corrected chi connectivity index (χ0v) is 12.2. The maximum atomic E-state index is 12.4. The van der Waals surface area contributed by atoms with Crippen molar-refractivity contribution in [2.45, 2.75) is 13.3 Å². The molecule has 2 aromatic heterocycles. The van der Waals surface area contributed by atoms with Gasteiger partial charge in [-0.1, -0.05) is 0 Å². The van der Waals surface area contributed by atoms with Gasteiger partial charge in [0.05, 0.1) is 11.8 Å². The van der Waals surface area contributed by atoms with Crippen molar-refractivity contribution in [2.75, 3.05) is 31.1 Å². The van der Waals surface area contributed by atoms with E-state index in [4.69, 9.17) is 4.42 Å². The Morgan fingerprint density at radius 3 is 2.90 bits per heavy atom. The van der Waals surface area contributed by atoms with Gasteiger partial charge in [-0.3, -0.25) is 9.78 Å². The van der Waals surface area contributed by atoms with Crippen LogP contribution in [-0.4, -0.2) is 42.0 Å². The molecule has 1 amide bonds. The summed E-state index contributed by atoms with van der Waals surface area (Å²) in [6, 6.07) is 3.76. The van der Waals surface area contributed by atoms with Crippen molar-refractivity contribution >= 4 is 11.6 Å². The van der Waals surface area contributed by atoms with Crippen LogP contribution in [0.2, 0.25) is 0 Å². The molecule has 1 fully saturated rings. The lowest BCUT2D eigenvalue weighted by molar-refractivity contribution is 0.0766. The fraction of sp³-hybridized carbons (Fsp3) is 0.375. The molecule has 0 aliphatic carbocycles. The molecule has 1 saturated heterocycles. The minimum absolute atomic E-state index is 0.0528. The van der Waals surface area contributed by atoms with Crippen LogP contribution in [0.5, 0.6) is 0 Å². The maximum absolute atomic E-state index is 12.4. The number of aromatic nitrogens is 1. The smallest absolute Gasteiger partial charge is 0.257 e. The Morgan fingerprint density at radius 1 is 1.24 bits per heavy atom. The quantitative estimate of drug-likeness (QED) is 0.850. The third-order valence-electron chi connectivity index (χ3n) is 3.88. The number of carbonyl (C=O) groups is 1. The molecule has 0 N–H and O–H groups in total. The number of nitrogens with zero attached hydrogens (tertiary/aromatic N) is 3. The fourth-order valence-electron chi connectivity index (χ4n) is 2.75. The van der Waals surface area contributed by atoms with Gasteiger partial charge in [0.2, 0.25) is 0 Å². The highest BCUT2D eigenvalue weighted by Gasteiger charge is 2.21. The Balaban J connectivity index is 1.70. The van der Waals surface area contributed by atoms with E-state index in [1.807, 2.05) is 23.4 Å². The number of aryl methyl sites for hydroxylation is 1. The van der Waals surface area contributed by atoms with Gasteiger partial charge in [-0.15, -0.1) is 0 Å². The fourth-order valence-corrected chi connectivity index (χ4v) is 2.75. The van der Waals surface area contributed by atoms with Gasteiger partial charge >= 0.3 is 0 Å². The molecule has 0 atom stereocenters. The lowest BCUT2D eigenvalue weighted by atomic mass is 10.2. The third-order valence-corrected chi connectivity index (χ3v) is 3.88. The number of pyridine rings is 1. The van der Waals surface area contributed by atoms with E-state index in [0.717, 1.165) is 32.6 Å². The van der Waals surface area contributed by atoms with Gasteiger partial charge in [-0.2, -0.15) is 0 Å². The van der Waals surface area contributed by atoms with E-state index in [0.29, 0.717) is 5.56 Å². The molecule has 0 unspecified atom stereocenters. The van der Waals surface area contributed by atoms with Crippen LogP contribution in [0.25, 0.3) is 0 Å². The summed E-state index contributed by atoms with van der Waals surface area (Å²) in [7, 11) is 0. The standard InChI is InChI=1S/C16H19N3O2/c1-13-11-17-5-3-15(13)18-6-2-7-19(9-8-18)16(20)14-4-10-21-12-14/h3-5,10-12H,2,6-9H2,1H3. The van der Waals surface area contributed by atoms with Crippen LogP contribution in [0.3, 0.4) is 0 Å². The van der Waals surface area contributed by atoms with Gasteiger partial charge in [0.25, 0.3) is 5.91 Å². The van der Waals surface area contributed by atoms with Crippen molar-refractivity contribution in [1.82, 2.24) is 9.88 Å². The van der Waals surface area contributed by atoms with E-state index in [-0.39, 0.29) is 5.91 Å².